The third-order valence-electron chi connectivity index (χ3n) is 4.52. The normalized spacial score (nSPS) is 10.7. The number of carbonyl (C=O) groups is 1. The molecule has 0 amide bonds. The molecule has 2 heterocycles. The Hall–Kier alpha value is -3.62. The van der Waals surface area contributed by atoms with Gasteiger partial charge in [0.2, 0.25) is 0 Å². The number of hydrogen-bond donors (Lipinski definition) is 0. The van der Waals surface area contributed by atoms with Crippen molar-refractivity contribution in [2.24, 2.45) is 0 Å². The Bertz CT molecular complexity index is 1350. The second-order valence-electron chi connectivity index (χ2n) is 6.50. The maximum Gasteiger partial charge on any atom is 0.340 e. The van der Waals surface area contributed by atoms with Crippen LogP contribution in [0.3, 0.4) is 0 Å². The molecule has 0 aliphatic heterocycles. The average molecular weight is 472 g/mol. The molecule has 0 aliphatic rings. The Morgan fingerprint density at radius 3 is 2.69 bits per heavy atom. The van der Waals surface area contributed by atoms with Gasteiger partial charge < -0.3 is 14.0 Å². The van der Waals surface area contributed by atoms with E-state index in [1.165, 1.54) is 12.3 Å². The van der Waals surface area contributed by atoms with E-state index in [2.05, 4.69) is 10.3 Å². The van der Waals surface area contributed by atoms with E-state index in [4.69, 9.17) is 37.2 Å². The number of hydrogen-bond acceptors (Lipinski definition) is 7. The Balaban J connectivity index is 1.55. The highest BCUT2D eigenvalue weighted by Crippen LogP contribution is 2.29. The summed E-state index contributed by atoms with van der Waals surface area (Å²) in [5.41, 5.74) is 0.946. The number of benzene rings is 2. The zero-order valence-corrected chi connectivity index (χ0v) is 18.1. The highest BCUT2D eigenvalue weighted by molar-refractivity contribution is 6.41. The number of carbonyl (C=O) groups excluding carboxylic acids is 1. The van der Waals surface area contributed by atoms with Crippen molar-refractivity contribution >= 4 is 29.2 Å². The van der Waals surface area contributed by atoms with Crippen LogP contribution in [0.25, 0.3) is 16.9 Å². The molecule has 0 unspecified atom stereocenters. The van der Waals surface area contributed by atoms with Gasteiger partial charge in [-0.3, -0.25) is 4.79 Å². The minimum absolute atomic E-state index is 0.0177. The minimum atomic E-state index is -0.685. The summed E-state index contributed by atoms with van der Waals surface area (Å²) < 4.78 is 17.0. The maximum absolute atomic E-state index is 12.7. The maximum atomic E-state index is 12.7. The van der Waals surface area contributed by atoms with E-state index < -0.39 is 11.5 Å². The van der Waals surface area contributed by atoms with Crippen molar-refractivity contribution in [3.05, 3.63) is 92.5 Å². The molecule has 0 N–H and O–H groups in total. The van der Waals surface area contributed by atoms with Crippen LogP contribution >= 0.6 is 23.2 Å². The Morgan fingerprint density at radius 2 is 1.88 bits per heavy atom. The number of methoxy groups -OCH3 is 1. The van der Waals surface area contributed by atoms with Gasteiger partial charge in [0, 0.05) is 11.6 Å². The van der Waals surface area contributed by atoms with E-state index in [9.17, 15) is 9.59 Å². The fourth-order valence-corrected chi connectivity index (χ4v) is 3.25. The number of para-hydroxylation sites is 2. The highest BCUT2D eigenvalue weighted by atomic mass is 35.5. The van der Waals surface area contributed by atoms with Gasteiger partial charge in [0.15, 0.2) is 12.4 Å². The second kappa shape index (κ2) is 9.25. The lowest BCUT2D eigenvalue weighted by molar-refractivity contribution is 0.0437. The minimum Gasteiger partial charge on any atom is -0.496 e. The van der Waals surface area contributed by atoms with Gasteiger partial charge in [-0.05, 0) is 24.3 Å². The SMILES string of the molecule is COc1ccccc1-c1cc(COC(=O)c2ccccc2-n2ncc(Cl)c(Cl)c2=O)on1. The second-order valence-corrected chi connectivity index (χ2v) is 7.28. The monoisotopic (exact) mass is 471 g/mol. The van der Waals surface area contributed by atoms with Gasteiger partial charge in [0.1, 0.15) is 16.5 Å². The smallest absolute Gasteiger partial charge is 0.340 e. The van der Waals surface area contributed by atoms with Gasteiger partial charge in [-0.15, -0.1) is 0 Å². The largest absolute Gasteiger partial charge is 0.496 e. The predicted molar refractivity (Wildman–Crippen MR) is 117 cm³/mol. The van der Waals surface area contributed by atoms with Crippen LogP contribution in [0.5, 0.6) is 5.75 Å². The first-order chi connectivity index (χ1) is 15.5. The average Bonchev–Trinajstić information content (AvgIpc) is 3.30. The molecule has 2 aromatic heterocycles. The van der Waals surface area contributed by atoms with Gasteiger partial charge >= 0.3 is 5.97 Å². The topological polar surface area (TPSA) is 96.5 Å². The van der Waals surface area contributed by atoms with E-state index in [1.807, 2.05) is 18.2 Å². The molecule has 0 saturated heterocycles. The summed E-state index contributed by atoms with van der Waals surface area (Å²) in [6, 6.07) is 15.3. The molecule has 162 valence electrons. The van der Waals surface area contributed by atoms with Gasteiger partial charge in [-0.1, -0.05) is 52.6 Å². The first-order valence-corrected chi connectivity index (χ1v) is 10.0. The summed E-state index contributed by atoms with van der Waals surface area (Å²) in [4.78, 5) is 25.2. The molecule has 8 nitrogen and oxygen atoms in total. The standard InChI is InChI=1S/C22H15Cl2N3O5/c1-30-19-9-5-3-6-14(19)17-10-13(32-26-17)12-31-22(29)15-7-2-4-8-18(15)27-21(28)20(24)16(23)11-25-27/h2-11H,12H2,1H3. The first-order valence-electron chi connectivity index (χ1n) is 9.28. The van der Waals surface area contributed by atoms with Crippen molar-refractivity contribution in [3.8, 4) is 22.7 Å². The zero-order valence-electron chi connectivity index (χ0n) is 16.6. The van der Waals surface area contributed by atoms with Crippen molar-refractivity contribution in [1.82, 2.24) is 14.9 Å². The quantitative estimate of drug-likeness (QED) is 0.380. The third kappa shape index (κ3) is 4.23. The number of rotatable bonds is 6. The summed E-state index contributed by atoms with van der Waals surface area (Å²) in [5, 5.41) is 7.79. The van der Waals surface area contributed by atoms with Crippen LogP contribution in [0, 0.1) is 0 Å². The lowest BCUT2D eigenvalue weighted by Gasteiger charge is -2.10. The van der Waals surface area contributed by atoms with Crippen LogP contribution in [0.1, 0.15) is 16.1 Å². The van der Waals surface area contributed by atoms with Crippen LogP contribution in [0.15, 0.2) is 70.1 Å². The molecule has 0 aliphatic carbocycles. The fraction of sp³-hybridized carbons (Fsp3) is 0.0909. The molecule has 32 heavy (non-hydrogen) atoms. The van der Waals surface area contributed by atoms with Crippen LogP contribution in [0.2, 0.25) is 10.0 Å². The van der Waals surface area contributed by atoms with E-state index in [1.54, 1.807) is 37.4 Å². The number of ether oxygens (including phenoxy) is 2. The Kier molecular flexibility index (Phi) is 6.25. The number of esters is 1. The summed E-state index contributed by atoms with van der Waals surface area (Å²) in [6.07, 6.45) is 1.22. The van der Waals surface area contributed by atoms with E-state index in [0.29, 0.717) is 17.2 Å². The van der Waals surface area contributed by atoms with Gasteiger partial charge in [0.25, 0.3) is 5.56 Å². The lowest BCUT2D eigenvalue weighted by atomic mass is 10.1. The van der Waals surface area contributed by atoms with Gasteiger partial charge in [0.05, 0.1) is 29.6 Å². The van der Waals surface area contributed by atoms with Crippen molar-refractivity contribution in [3.63, 3.8) is 0 Å². The Labute approximate surface area is 191 Å². The zero-order chi connectivity index (χ0) is 22.7. The molecule has 0 atom stereocenters. The van der Waals surface area contributed by atoms with E-state index >= 15 is 0 Å². The lowest BCUT2D eigenvalue weighted by Crippen LogP contribution is -2.23. The van der Waals surface area contributed by atoms with Crippen molar-refractivity contribution < 1.29 is 18.8 Å². The van der Waals surface area contributed by atoms with Gasteiger partial charge in [-0.25, -0.2) is 4.79 Å². The Morgan fingerprint density at radius 1 is 1.12 bits per heavy atom. The van der Waals surface area contributed by atoms with Crippen LogP contribution in [-0.4, -0.2) is 28.0 Å². The summed E-state index contributed by atoms with van der Waals surface area (Å²) in [7, 11) is 1.56. The third-order valence-corrected chi connectivity index (χ3v) is 5.26. The van der Waals surface area contributed by atoms with Crippen molar-refractivity contribution in [2.45, 2.75) is 6.61 Å². The van der Waals surface area contributed by atoms with Crippen molar-refractivity contribution in [2.75, 3.05) is 7.11 Å². The molecule has 4 rings (SSSR count). The summed E-state index contributed by atoms with van der Waals surface area (Å²) in [6.45, 7) is -0.168. The first kappa shape index (κ1) is 21.6. The summed E-state index contributed by atoms with van der Waals surface area (Å²) in [5.74, 6) is 0.287. The number of halogens is 2. The fourth-order valence-electron chi connectivity index (χ4n) is 2.99. The molecule has 0 fully saturated rings. The number of nitrogens with zero attached hydrogens (tertiary/aromatic N) is 3. The van der Waals surface area contributed by atoms with E-state index in [0.717, 1.165) is 10.2 Å². The molecular weight excluding hydrogens is 457 g/mol. The number of aromatic nitrogens is 3. The van der Waals surface area contributed by atoms with Crippen LogP contribution in [-0.2, 0) is 11.3 Å². The molecule has 0 saturated carbocycles. The molecule has 4 aromatic rings. The summed E-state index contributed by atoms with van der Waals surface area (Å²) >= 11 is 11.8. The molecule has 0 spiro atoms. The molecule has 0 bridgehead atoms. The predicted octanol–water partition coefficient (Wildman–Crippen LogP) is 4.56. The van der Waals surface area contributed by atoms with Crippen LogP contribution in [0.4, 0.5) is 0 Å². The van der Waals surface area contributed by atoms with Gasteiger partial charge in [-0.2, -0.15) is 9.78 Å². The van der Waals surface area contributed by atoms with Crippen LogP contribution < -0.4 is 10.3 Å². The molecular formula is C22H15Cl2N3O5. The van der Waals surface area contributed by atoms with Crippen molar-refractivity contribution in [1.29, 1.82) is 0 Å². The molecule has 2 aromatic carbocycles. The molecule has 0 radical (unpaired) electrons. The van der Waals surface area contributed by atoms with E-state index in [-0.39, 0.29) is 27.9 Å². The molecule has 10 heteroatoms. The highest BCUT2D eigenvalue weighted by Gasteiger charge is 2.19.